The average molecular weight is 354 g/mol. The Labute approximate surface area is 152 Å². The molecule has 1 saturated heterocycles. The fraction of sp³-hybridized carbons (Fsp3) is 0.300. The van der Waals surface area contributed by atoms with E-state index in [0.717, 1.165) is 19.4 Å². The minimum absolute atomic E-state index is 0.158. The number of carbonyl (C=O) groups excluding carboxylic acids is 2. The topological polar surface area (TPSA) is 76.7 Å². The van der Waals surface area contributed by atoms with Gasteiger partial charge in [-0.2, -0.15) is 0 Å². The van der Waals surface area contributed by atoms with Gasteiger partial charge >= 0.3 is 0 Å². The first-order valence-electron chi connectivity index (χ1n) is 8.63. The number of amides is 2. The van der Waals surface area contributed by atoms with Crippen LogP contribution in [0.15, 0.2) is 48.5 Å². The highest BCUT2D eigenvalue weighted by atomic mass is 16.5. The number of ether oxygens (including phenoxy) is 2. The molecule has 0 aromatic heterocycles. The highest BCUT2D eigenvalue weighted by molar-refractivity contribution is 6.05. The lowest BCUT2D eigenvalue weighted by Crippen LogP contribution is -2.18. The molecule has 6 heteroatoms. The molecule has 0 radical (unpaired) electrons. The van der Waals surface area contributed by atoms with Crippen LogP contribution in [0.3, 0.4) is 0 Å². The van der Waals surface area contributed by atoms with Gasteiger partial charge in [-0.1, -0.05) is 6.07 Å². The minimum Gasteiger partial charge on any atom is -0.491 e. The van der Waals surface area contributed by atoms with E-state index < -0.39 is 0 Å². The van der Waals surface area contributed by atoms with Gasteiger partial charge < -0.3 is 20.1 Å². The van der Waals surface area contributed by atoms with Gasteiger partial charge in [-0.15, -0.1) is 0 Å². The lowest BCUT2D eigenvalue weighted by Gasteiger charge is -2.12. The summed E-state index contributed by atoms with van der Waals surface area (Å²) in [6.07, 6.45) is 2.26. The molecule has 1 heterocycles. The molecule has 1 aliphatic heterocycles. The molecule has 3 rings (SSSR count). The Morgan fingerprint density at radius 2 is 1.92 bits per heavy atom. The molecule has 0 aliphatic carbocycles. The first kappa shape index (κ1) is 17.9. The van der Waals surface area contributed by atoms with Crippen LogP contribution in [-0.2, 0) is 4.74 Å². The van der Waals surface area contributed by atoms with Crippen LogP contribution >= 0.6 is 0 Å². The summed E-state index contributed by atoms with van der Waals surface area (Å²) in [6, 6.07) is 13.7. The third-order valence-electron chi connectivity index (χ3n) is 4.19. The molecule has 1 atom stereocenters. The van der Waals surface area contributed by atoms with E-state index in [4.69, 9.17) is 9.47 Å². The predicted octanol–water partition coefficient (Wildman–Crippen LogP) is 2.86. The summed E-state index contributed by atoms with van der Waals surface area (Å²) < 4.78 is 11.2. The van der Waals surface area contributed by atoms with E-state index in [9.17, 15) is 9.59 Å². The molecule has 0 saturated carbocycles. The zero-order valence-electron chi connectivity index (χ0n) is 14.7. The summed E-state index contributed by atoms with van der Waals surface area (Å²) in [5, 5.41) is 5.35. The van der Waals surface area contributed by atoms with Gasteiger partial charge in [0.1, 0.15) is 12.4 Å². The maximum absolute atomic E-state index is 12.4. The van der Waals surface area contributed by atoms with Gasteiger partial charge in [-0.25, -0.2) is 0 Å². The summed E-state index contributed by atoms with van der Waals surface area (Å²) in [5.41, 5.74) is 1.57. The average Bonchev–Trinajstić information content (AvgIpc) is 3.20. The molecular weight excluding hydrogens is 332 g/mol. The highest BCUT2D eigenvalue weighted by Gasteiger charge is 2.16. The monoisotopic (exact) mass is 354 g/mol. The van der Waals surface area contributed by atoms with Gasteiger partial charge in [0.25, 0.3) is 11.8 Å². The molecule has 6 nitrogen and oxygen atoms in total. The van der Waals surface area contributed by atoms with Crippen LogP contribution in [0.1, 0.15) is 33.6 Å². The van der Waals surface area contributed by atoms with Crippen LogP contribution in [-0.4, -0.2) is 38.2 Å². The summed E-state index contributed by atoms with van der Waals surface area (Å²) in [7, 11) is 1.57. The molecule has 2 amide bonds. The first-order valence-corrected chi connectivity index (χ1v) is 8.63. The van der Waals surface area contributed by atoms with Gasteiger partial charge in [0.2, 0.25) is 0 Å². The molecule has 26 heavy (non-hydrogen) atoms. The zero-order chi connectivity index (χ0) is 18.4. The van der Waals surface area contributed by atoms with Crippen LogP contribution in [0.4, 0.5) is 5.69 Å². The smallest absolute Gasteiger partial charge is 0.255 e. The fourth-order valence-electron chi connectivity index (χ4n) is 2.75. The number of rotatable bonds is 6. The maximum atomic E-state index is 12.4. The second-order valence-electron chi connectivity index (χ2n) is 6.08. The van der Waals surface area contributed by atoms with E-state index in [0.29, 0.717) is 29.2 Å². The Morgan fingerprint density at radius 1 is 1.12 bits per heavy atom. The standard InChI is InChI=1S/C20H22N2O4/c1-21-19(23)15-4-2-5-16(12-15)22-20(24)14-7-9-17(10-8-14)26-13-18-6-3-11-25-18/h2,4-5,7-10,12,18H,3,6,11,13H2,1H3,(H,21,23)(H,22,24)/t18-/m1/s1. The van der Waals surface area contributed by atoms with E-state index in [1.807, 2.05) is 0 Å². The summed E-state index contributed by atoms with van der Waals surface area (Å²) in [4.78, 5) is 24.0. The predicted molar refractivity (Wildman–Crippen MR) is 98.7 cm³/mol. The van der Waals surface area contributed by atoms with Crippen molar-refractivity contribution >= 4 is 17.5 Å². The molecule has 136 valence electrons. The van der Waals surface area contributed by atoms with Crippen molar-refractivity contribution in [1.29, 1.82) is 0 Å². The summed E-state index contributed by atoms with van der Waals surface area (Å²) in [6.45, 7) is 1.33. The van der Waals surface area contributed by atoms with E-state index >= 15 is 0 Å². The summed E-state index contributed by atoms with van der Waals surface area (Å²) >= 11 is 0. The number of anilines is 1. The van der Waals surface area contributed by atoms with Gasteiger partial charge in [-0.3, -0.25) is 9.59 Å². The van der Waals surface area contributed by atoms with Gasteiger partial charge in [0.15, 0.2) is 0 Å². The van der Waals surface area contributed by atoms with Crippen LogP contribution in [0.25, 0.3) is 0 Å². The van der Waals surface area contributed by atoms with E-state index in [1.165, 1.54) is 0 Å². The molecule has 1 aliphatic rings. The Kier molecular flexibility index (Phi) is 5.86. The number of carbonyl (C=O) groups is 2. The molecule has 2 aromatic rings. The molecule has 0 bridgehead atoms. The largest absolute Gasteiger partial charge is 0.491 e. The number of hydrogen-bond donors (Lipinski definition) is 2. The van der Waals surface area contributed by atoms with Gasteiger partial charge in [0, 0.05) is 30.5 Å². The number of benzene rings is 2. The van der Waals surface area contributed by atoms with Gasteiger partial charge in [0.05, 0.1) is 6.10 Å². The lowest BCUT2D eigenvalue weighted by molar-refractivity contribution is 0.0679. The molecular formula is C20H22N2O4. The molecule has 0 spiro atoms. The van der Waals surface area contributed by atoms with Crippen LogP contribution in [0.5, 0.6) is 5.75 Å². The van der Waals surface area contributed by atoms with E-state index in [2.05, 4.69) is 10.6 Å². The third-order valence-corrected chi connectivity index (χ3v) is 4.19. The molecule has 1 fully saturated rings. The Balaban J connectivity index is 1.58. The minimum atomic E-state index is -0.246. The van der Waals surface area contributed by atoms with Crippen molar-refractivity contribution in [3.8, 4) is 5.75 Å². The molecule has 2 N–H and O–H groups in total. The van der Waals surface area contributed by atoms with Crippen molar-refractivity contribution in [3.63, 3.8) is 0 Å². The van der Waals surface area contributed by atoms with Crippen molar-refractivity contribution in [1.82, 2.24) is 5.32 Å². The van der Waals surface area contributed by atoms with Crippen LogP contribution in [0, 0.1) is 0 Å². The van der Waals surface area contributed by atoms with Crippen molar-refractivity contribution in [3.05, 3.63) is 59.7 Å². The van der Waals surface area contributed by atoms with Crippen molar-refractivity contribution in [2.45, 2.75) is 18.9 Å². The SMILES string of the molecule is CNC(=O)c1cccc(NC(=O)c2ccc(OC[C@H]3CCCO3)cc2)c1. The lowest BCUT2D eigenvalue weighted by atomic mass is 10.1. The van der Waals surface area contributed by atoms with Crippen LogP contribution in [0.2, 0.25) is 0 Å². The first-order chi connectivity index (χ1) is 12.7. The third kappa shape index (κ3) is 4.61. The second-order valence-corrected chi connectivity index (χ2v) is 6.08. The van der Waals surface area contributed by atoms with E-state index in [-0.39, 0.29) is 17.9 Å². The zero-order valence-corrected chi connectivity index (χ0v) is 14.7. The van der Waals surface area contributed by atoms with Crippen molar-refractivity contribution in [2.75, 3.05) is 25.6 Å². The number of nitrogens with one attached hydrogen (secondary N) is 2. The Bertz CT molecular complexity index is 768. The Morgan fingerprint density at radius 3 is 2.62 bits per heavy atom. The Hall–Kier alpha value is -2.86. The maximum Gasteiger partial charge on any atom is 0.255 e. The van der Waals surface area contributed by atoms with Crippen molar-refractivity contribution in [2.24, 2.45) is 0 Å². The van der Waals surface area contributed by atoms with Gasteiger partial charge in [-0.05, 0) is 55.3 Å². The quantitative estimate of drug-likeness (QED) is 0.836. The normalized spacial score (nSPS) is 16.1. The molecule has 2 aromatic carbocycles. The highest BCUT2D eigenvalue weighted by Crippen LogP contribution is 2.18. The number of hydrogen-bond acceptors (Lipinski definition) is 4. The fourth-order valence-corrected chi connectivity index (χ4v) is 2.75. The van der Waals surface area contributed by atoms with Crippen LogP contribution < -0.4 is 15.4 Å². The van der Waals surface area contributed by atoms with E-state index in [1.54, 1.807) is 55.6 Å². The second kappa shape index (κ2) is 8.49. The summed E-state index contributed by atoms with van der Waals surface area (Å²) in [5.74, 6) is 0.261. The van der Waals surface area contributed by atoms with Crippen molar-refractivity contribution < 1.29 is 19.1 Å². The molecule has 0 unspecified atom stereocenters.